The molecule has 2 nitrogen and oxygen atoms in total. The number of nitrogens with one attached hydrogen (secondary N) is 1. The van der Waals surface area contributed by atoms with Crippen molar-refractivity contribution >= 4 is 0 Å². The Morgan fingerprint density at radius 3 is 2.10 bits per heavy atom. The van der Waals surface area contributed by atoms with E-state index in [1.165, 1.54) is 6.07 Å². The smallest absolute Gasteiger partial charge is 0.316 e. The summed E-state index contributed by atoms with van der Waals surface area (Å²) in [5.41, 5.74) is -1.26. The molecule has 0 bridgehead atoms. The van der Waals surface area contributed by atoms with Gasteiger partial charge in [-0.05, 0) is 55.8 Å². The maximum Gasteiger partial charge on any atom is 0.433 e. The number of nitrogens with zero attached hydrogens (tertiary/aromatic N) is 1. The molecule has 0 saturated heterocycles. The summed E-state index contributed by atoms with van der Waals surface area (Å²) in [6.45, 7) is 3.42. The molecular weight excluding hydrogens is 394 g/mol. The molecule has 0 amide bonds. The van der Waals surface area contributed by atoms with E-state index in [2.05, 4.69) is 17.2 Å². The van der Waals surface area contributed by atoms with Gasteiger partial charge in [-0.2, -0.15) is 26.3 Å². The van der Waals surface area contributed by atoms with Gasteiger partial charge in [-0.1, -0.05) is 38.3 Å². The minimum absolute atomic E-state index is 0.00601. The van der Waals surface area contributed by atoms with Crippen LogP contribution in [-0.4, -0.2) is 18.1 Å². The molecule has 0 atom stereocenters. The lowest BCUT2D eigenvalue weighted by atomic mass is 10.0. The molecule has 2 rings (SSSR count). The van der Waals surface area contributed by atoms with Gasteiger partial charge in [0.05, 0.1) is 11.3 Å². The molecule has 1 heterocycles. The predicted octanol–water partition coefficient (Wildman–Crippen LogP) is 6.50. The summed E-state index contributed by atoms with van der Waals surface area (Å²) in [5, 5.41) is 3.21. The molecule has 2 aromatic rings. The Balaban J connectivity index is 2.14. The number of unbranched alkanes of at least 4 members (excludes halogenated alkanes) is 3. The number of hydrogen-bond acceptors (Lipinski definition) is 2. The minimum atomic E-state index is -4.63. The van der Waals surface area contributed by atoms with Crippen LogP contribution in [0.3, 0.4) is 0 Å². The highest BCUT2D eigenvalue weighted by molar-refractivity contribution is 5.61. The van der Waals surface area contributed by atoms with Crippen LogP contribution in [0.25, 0.3) is 11.3 Å². The van der Waals surface area contributed by atoms with Gasteiger partial charge in [0.2, 0.25) is 0 Å². The fourth-order valence-corrected chi connectivity index (χ4v) is 2.89. The second-order valence-corrected chi connectivity index (χ2v) is 6.88. The zero-order valence-corrected chi connectivity index (χ0v) is 16.1. The Labute approximate surface area is 166 Å². The van der Waals surface area contributed by atoms with Crippen molar-refractivity contribution < 1.29 is 26.3 Å². The van der Waals surface area contributed by atoms with Gasteiger partial charge in [0.15, 0.2) is 0 Å². The SMILES string of the molecule is CCCCCCNCCc1cc(-c2ccc(C(F)(F)F)cc2)nc(C(F)(F)F)c1. The molecule has 160 valence electrons. The maximum absolute atomic E-state index is 13.2. The Morgan fingerprint density at radius 2 is 1.52 bits per heavy atom. The van der Waals surface area contributed by atoms with Crippen molar-refractivity contribution in [2.75, 3.05) is 13.1 Å². The highest BCUT2D eigenvalue weighted by Crippen LogP contribution is 2.33. The van der Waals surface area contributed by atoms with Gasteiger partial charge in [-0.3, -0.25) is 0 Å². The average molecular weight is 418 g/mol. The largest absolute Gasteiger partial charge is 0.433 e. The first-order chi connectivity index (χ1) is 13.6. The molecule has 0 saturated carbocycles. The lowest BCUT2D eigenvalue weighted by molar-refractivity contribution is -0.141. The normalized spacial score (nSPS) is 12.4. The fraction of sp³-hybridized carbons (Fsp3) is 0.476. The second-order valence-electron chi connectivity index (χ2n) is 6.88. The molecule has 1 N–H and O–H groups in total. The monoisotopic (exact) mass is 418 g/mol. The van der Waals surface area contributed by atoms with Gasteiger partial charge in [-0.15, -0.1) is 0 Å². The Morgan fingerprint density at radius 1 is 0.828 bits per heavy atom. The van der Waals surface area contributed by atoms with Crippen LogP contribution in [0.15, 0.2) is 36.4 Å². The van der Waals surface area contributed by atoms with Crippen LogP contribution >= 0.6 is 0 Å². The summed E-state index contributed by atoms with van der Waals surface area (Å²) in [6, 6.07) is 6.45. The van der Waals surface area contributed by atoms with Crippen molar-refractivity contribution in [1.29, 1.82) is 0 Å². The number of pyridine rings is 1. The van der Waals surface area contributed by atoms with Crippen molar-refractivity contribution in [3.63, 3.8) is 0 Å². The van der Waals surface area contributed by atoms with Crippen LogP contribution < -0.4 is 5.32 Å². The summed E-state index contributed by atoms with van der Waals surface area (Å²) >= 11 is 0. The van der Waals surface area contributed by atoms with Gasteiger partial charge >= 0.3 is 12.4 Å². The Hall–Kier alpha value is -2.09. The molecule has 29 heavy (non-hydrogen) atoms. The van der Waals surface area contributed by atoms with E-state index in [9.17, 15) is 26.3 Å². The molecule has 0 radical (unpaired) electrons. The quantitative estimate of drug-likeness (QED) is 0.371. The van der Waals surface area contributed by atoms with Gasteiger partial charge in [0.25, 0.3) is 0 Å². The lowest BCUT2D eigenvalue weighted by Crippen LogP contribution is -2.19. The zero-order valence-electron chi connectivity index (χ0n) is 16.1. The van der Waals surface area contributed by atoms with E-state index in [4.69, 9.17) is 0 Å². The average Bonchev–Trinajstić information content (AvgIpc) is 2.66. The molecule has 0 aliphatic heterocycles. The highest BCUT2D eigenvalue weighted by Gasteiger charge is 2.33. The molecular formula is C21H24F6N2. The molecule has 0 spiro atoms. The van der Waals surface area contributed by atoms with Crippen molar-refractivity contribution in [2.45, 2.75) is 51.4 Å². The van der Waals surface area contributed by atoms with E-state index in [1.54, 1.807) is 0 Å². The summed E-state index contributed by atoms with van der Waals surface area (Å²) < 4.78 is 77.8. The van der Waals surface area contributed by atoms with E-state index in [0.717, 1.165) is 62.6 Å². The fourth-order valence-electron chi connectivity index (χ4n) is 2.89. The Kier molecular flexibility index (Phi) is 8.07. The molecule has 1 aromatic heterocycles. The maximum atomic E-state index is 13.2. The van der Waals surface area contributed by atoms with Crippen molar-refractivity contribution in [2.24, 2.45) is 0 Å². The number of halogens is 6. The minimum Gasteiger partial charge on any atom is -0.316 e. The third-order valence-electron chi connectivity index (χ3n) is 4.48. The zero-order chi connectivity index (χ0) is 21.5. The number of hydrogen-bond donors (Lipinski definition) is 1. The molecule has 0 aliphatic carbocycles. The van der Waals surface area contributed by atoms with Crippen LogP contribution in [0.1, 0.15) is 49.4 Å². The third-order valence-corrected chi connectivity index (χ3v) is 4.48. The van der Waals surface area contributed by atoms with Crippen LogP contribution in [0.2, 0.25) is 0 Å². The molecule has 0 unspecified atom stereocenters. The summed E-state index contributed by atoms with van der Waals surface area (Å²) in [7, 11) is 0. The third kappa shape index (κ3) is 7.34. The predicted molar refractivity (Wildman–Crippen MR) is 100 cm³/mol. The van der Waals surface area contributed by atoms with Gasteiger partial charge < -0.3 is 5.32 Å². The van der Waals surface area contributed by atoms with Gasteiger partial charge in [-0.25, -0.2) is 4.98 Å². The van der Waals surface area contributed by atoms with E-state index in [0.29, 0.717) is 18.5 Å². The molecule has 0 fully saturated rings. The standard InChI is InChI=1S/C21H24F6N2/c1-2-3-4-5-11-28-12-10-15-13-18(29-19(14-15)21(25,26)27)16-6-8-17(9-7-16)20(22,23)24/h6-9,13-14,28H,2-5,10-12H2,1H3. The summed E-state index contributed by atoms with van der Waals surface area (Å²) in [4.78, 5) is 3.62. The number of rotatable bonds is 9. The van der Waals surface area contributed by atoms with Crippen LogP contribution in [0.5, 0.6) is 0 Å². The van der Waals surface area contributed by atoms with Crippen LogP contribution in [-0.2, 0) is 18.8 Å². The number of benzene rings is 1. The first-order valence-corrected chi connectivity index (χ1v) is 9.57. The molecule has 0 aliphatic rings. The van der Waals surface area contributed by atoms with Crippen molar-refractivity contribution in [1.82, 2.24) is 10.3 Å². The van der Waals surface area contributed by atoms with Crippen LogP contribution in [0.4, 0.5) is 26.3 Å². The van der Waals surface area contributed by atoms with Crippen LogP contribution in [0, 0.1) is 0 Å². The molecule has 8 heteroatoms. The lowest BCUT2D eigenvalue weighted by Gasteiger charge is -2.13. The second kappa shape index (κ2) is 10.1. The van der Waals surface area contributed by atoms with E-state index < -0.39 is 23.6 Å². The number of alkyl halides is 6. The van der Waals surface area contributed by atoms with E-state index in [-0.39, 0.29) is 11.3 Å². The topological polar surface area (TPSA) is 24.9 Å². The van der Waals surface area contributed by atoms with Gasteiger partial charge in [0, 0.05) is 5.56 Å². The highest BCUT2D eigenvalue weighted by atomic mass is 19.4. The van der Waals surface area contributed by atoms with Crippen molar-refractivity contribution in [3.8, 4) is 11.3 Å². The Bertz CT molecular complexity index is 766. The van der Waals surface area contributed by atoms with E-state index >= 15 is 0 Å². The first-order valence-electron chi connectivity index (χ1n) is 9.57. The summed E-state index contributed by atoms with van der Waals surface area (Å²) in [6.07, 6.45) is -4.38. The van der Waals surface area contributed by atoms with Crippen molar-refractivity contribution in [3.05, 3.63) is 53.2 Å². The van der Waals surface area contributed by atoms with Gasteiger partial charge in [0.1, 0.15) is 5.69 Å². The number of aromatic nitrogens is 1. The first kappa shape index (κ1) is 23.2. The summed E-state index contributed by atoms with van der Waals surface area (Å²) in [5.74, 6) is 0. The molecule has 1 aromatic carbocycles. The van der Waals surface area contributed by atoms with E-state index in [1.807, 2.05) is 0 Å².